The second kappa shape index (κ2) is 6.65. The summed E-state index contributed by atoms with van der Waals surface area (Å²) in [4.78, 5) is 23.8. The molecule has 1 aliphatic rings. The molecule has 0 saturated carbocycles. The highest BCUT2D eigenvalue weighted by Gasteiger charge is 2.15. The Morgan fingerprint density at radius 3 is 3.09 bits per heavy atom. The van der Waals surface area contributed by atoms with Gasteiger partial charge in [0.05, 0.1) is 12.4 Å². The first-order valence-corrected chi connectivity index (χ1v) is 7.44. The van der Waals surface area contributed by atoms with Crippen molar-refractivity contribution in [3.63, 3.8) is 0 Å². The molecule has 2 aromatic rings. The molecule has 0 aliphatic carbocycles. The van der Waals surface area contributed by atoms with Crippen LogP contribution in [0.3, 0.4) is 0 Å². The van der Waals surface area contributed by atoms with Crippen molar-refractivity contribution < 1.29 is 13.9 Å². The molecule has 3 rings (SSSR count). The number of furan rings is 1. The van der Waals surface area contributed by atoms with Crippen LogP contribution in [0.5, 0.6) is 0 Å². The van der Waals surface area contributed by atoms with Crippen LogP contribution < -0.4 is 16.2 Å². The lowest BCUT2D eigenvalue weighted by Crippen LogP contribution is -2.41. The molecule has 2 N–H and O–H groups in total. The van der Waals surface area contributed by atoms with Crippen molar-refractivity contribution >= 4 is 17.0 Å². The highest BCUT2D eigenvalue weighted by atomic mass is 16.5. The summed E-state index contributed by atoms with van der Waals surface area (Å²) < 4.78 is 12.1. The Hall–Kier alpha value is -2.28. The van der Waals surface area contributed by atoms with Crippen molar-refractivity contribution in [2.75, 3.05) is 19.7 Å². The second-order valence-corrected chi connectivity index (χ2v) is 5.29. The van der Waals surface area contributed by atoms with Crippen LogP contribution >= 0.6 is 0 Å². The van der Waals surface area contributed by atoms with Crippen LogP contribution in [-0.4, -0.2) is 36.4 Å². The van der Waals surface area contributed by atoms with Crippen molar-refractivity contribution in [3.8, 4) is 0 Å². The number of carbonyl (C=O) groups is 1. The standard InChI is InChI=1S/C15H19N3O4/c19-14-13-11(4-9-22-13)3-6-18(14)7-5-16-15(20)17-10-12-2-1-8-21-12/h3-4,6,9,12H,1-2,5,7-8,10H2,(H2,16,17,20)/t12-/m1/s1. The fraction of sp³-hybridized carbons (Fsp3) is 0.467. The number of urea groups is 1. The van der Waals surface area contributed by atoms with Gasteiger partial charge in [-0.3, -0.25) is 4.79 Å². The summed E-state index contributed by atoms with van der Waals surface area (Å²) in [6, 6.07) is 3.32. The molecule has 2 aromatic heterocycles. The lowest BCUT2D eigenvalue weighted by molar-refractivity contribution is 0.111. The van der Waals surface area contributed by atoms with E-state index in [9.17, 15) is 9.59 Å². The monoisotopic (exact) mass is 305 g/mol. The van der Waals surface area contributed by atoms with E-state index in [2.05, 4.69) is 10.6 Å². The van der Waals surface area contributed by atoms with E-state index in [1.807, 2.05) is 6.07 Å². The van der Waals surface area contributed by atoms with Gasteiger partial charge in [0.25, 0.3) is 5.56 Å². The zero-order valence-corrected chi connectivity index (χ0v) is 12.2. The Morgan fingerprint density at radius 2 is 2.27 bits per heavy atom. The summed E-state index contributed by atoms with van der Waals surface area (Å²) in [5.74, 6) is 0. The van der Waals surface area contributed by atoms with Crippen molar-refractivity contribution in [1.82, 2.24) is 15.2 Å². The maximum Gasteiger partial charge on any atom is 0.314 e. The van der Waals surface area contributed by atoms with E-state index in [-0.39, 0.29) is 17.7 Å². The lowest BCUT2D eigenvalue weighted by Gasteiger charge is -2.12. The Bertz CT molecular complexity index is 700. The van der Waals surface area contributed by atoms with Gasteiger partial charge in [0.1, 0.15) is 0 Å². The Kier molecular flexibility index (Phi) is 4.43. The average molecular weight is 305 g/mol. The molecule has 0 spiro atoms. The summed E-state index contributed by atoms with van der Waals surface area (Å²) in [5.41, 5.74) is 0.148. The molecule has 0 unspecified atom stereocenters. The number of ether oxygens (including phenoxy) is 1. The van der Waals surface area contributed by atoms with E-state index in [1.54, 1.807) is 12.3 Å². The number of fused-ring (bicyclic) bond motifs is 1. The van der Waals surface area contributed by atoms with Crippen LogP contribution in [0, 0.1) is 0 Å². The van der Waals surface area contributed by atoms with Crippen LogP contribution in [0.2, 0.25) is 0 Å². The molecule has 1 aliphatic heterocycles. The number of amides is 2. The fourth-order valence-electron chi connectivity index (χ4n) is 2.53. The first-order chi connectivity index (χ1) is 10.7. The maximum absolute atomic E-state index is 12.1. The molecule has 22 heavy (non-hydrogen) atoms. The molecule has 7 heteroatoms. The zero-order valence-electron chi connectivity index (χ0n) is 12.2. The molecular formula is C15H19N3O4. The number of pyridine rings is 1. The number of hydrogen-bond acceptors (Lipinski definition) is 4. The molecular weight excluding hydrogens is 286 g/mol. The van der Waals surface area contributed by atoms with Gasteiger partial charge in [-0.2, -0.15) is 0 Å². The van der Waals surface area contributed by atoms with Crippen molar-refractivity contribution in [3.05, 3.63) is 34.9 Å². The third-order valence-corrected chi connectivity index (χ3v) is 3.74. The van der Waals surface area contributed by atoms with Gasteiger partial charge in [-0.1, -0.05) is 0 Å². The molecule has 7 nitrogen and oxygen atoms in total. The Morgan fingerprint density at radius 1 is 1.36 bits per heavy atom. The van der Waals surface area contributed by atoms with Gasteiger partial charge in [-0.25, -0.2) is 4.79 Å². The van der Waals surface area contributed by atoms with Gasteiger partial charge in [0.15, 0.2) is 5.58 Å². The molecule has 0 aromatic carbocycles. The molecule has 2 amide bonds. The maximum atomic E-state index is 12.1. The van der Waals surface area contributed by atoms with E-state index in [0.717, 1.165) is 24.8 Å². The largest absolute Gasteiger partial charge is 0.459 e. The molecule has 1 atom stereocenters. The number of carbonyl (C=O) groups excluding carboxylic acids is 1. The Labute approximate surface area is 127 Å². The van der Waals surface area contributed by atoms with Gasteiger partial charge >= 0.3 is 6.03 Å². The molecule has 3 heterocycles. The minimum Gasteiger partial charge on any atom is -0.459 e. The summed E-state index contributed by atoms with van der Waals surface area (Å²) in [7, 11) is 0. The van der Waals surface area contributed by atoms with E-state index < -0.39 is 0 Å². The highest BCUT2D eigenvalue weighted by Crippen LogP contribution is 2.10. The zero-order chi connectivity index (χ0) is 15.4. The number of nitrogens with one attached hydrogen (secondary N) is 2. The quantitative estimate of drug-likeness (QED) is 0.865. The normalized spacial score (nSPS) is 17.7. The van der Waals surface area contributed by atoms with Gasteiger partial charge in [0.2, 0.25) is 0 Å². The number of hydrogen-bond donors (Lipinski definition) is 2. The molecule has 0 radical (unpaired) electrons. The number of nitrogens with zero attached hydrogens (tertiary/aromatic N) is 1. The lowest BCUT2D eigenvalue weighted by atomic mass is 10.2. The molecule has 0 bridgehead atoms. The van der Waals surface area contributed by atoms with Gasteiger partial charge in [-0.05, 0) is 25.0 Å². The van der Waals surface area contributed by atoms with Crippen molar-refractivity contribution in [1.29, 1.82) is 0 Å². The van der Waals surface area contributed by atoms with Crippen LogP contribution in [0.4, 0.5) is 4.79 Å². The SMILES string of the molecule is O=C(NCCn1ccc2ccoc2c1=O)NC[C@H]1CCCO1. The number of rotatable bonds is 5. The number of aromatic nitrogens is 1. The summed E-state index contributed by atoms with van der Waals surface area (Å²) in [6.45, 7) is 2.04. The van der Waals surface area contributed by atoms with Crippen LogP contribution in [0.1, 0.15) is 12.8 Å². The van der Waals surface area contributed by atoms with Crippen molar-refractivity contribution in [2.24, 2.45) is 0 Å². The molecule has 1 saturated heterocycles. The fourth-order valence-corrected chi connectivity index (χ4v) is 2.53. The van der Waals surface area contributed by atoms with Gasteiger partial charge < -0.3 is 24.4 Å². The first kappa shape index (κ1) is 14.6. The van der Waals surface area contributed by atoms with E-state index >= 15 is 0 Å². The second-order valence-electron chi connectivity index (χ2n) is 5.29. The first-order valence-electron chi connectivity index (χ1n) is 7.44. The third kappa shape index (κ3) is 3.30. The van der Waals surface area contributed by atoms with E-state index in [0.29, 0.717) is 25.2 Å². The predicted octanol–water partition coefficient (Wildman–Crippen LogP) is 1.07. The summed E-state index contributed by atoms with van der Waals surface area (Å²) in [5, 5.41) is 6.28. The predicted molar refractivity (Wildman–Crippen MR) is 80.8 cm³/mol. The Balaban J connectivity index is 1.46. The third-order valence-electron chi connectivity index (χ3n) is 3.74. The van der Waals surface area contributed by atoms with Crippen LogP contribution in [0.15, 0.2) is 33.8 Å². The van der Waals surface area contributed by atoms with Crippen LogP contribution in [0.25, 0.3) is 11.0 Å². The highest BCUT2D eigenvalue weighted by molar-refractivity contribution is 5.75. The average Bonchev–Trinajstić information content (AvgIpc) is 3.18. The smallest absolute Gasteiger partial charge is 0.314 e. The topological polar surface area (TPSA) is 85.5 Å². The minimum atomic E-state index is -0.248. The van der Waals surface area contributed by atoms with E-state index in [1.165, 1.54) is 10.8 Å². The van der Waals surface area contributed by atoms with E-state index in [4.69, 9.17) is 9.15 Å². The summed E-state index contributed by atoms with van der Waals surface area (Å²) in [6.07, 6.45) is 5.35. The minimum absolute atomic E-state index is 0.120. The van der Waals surface area contributed by atoms with Crippen LogP contribution in [-0.2, 0) is 11.3 Å². The van der Waals surface area contributed by atoms with Gasteiger partial charge in [0, 0.05) is 37.8 Å². The molecule has 118 valence electrons. The van der Waals surface area contributed by atoms with Crippen molar-refractivity contribution in [2.45, 2.75) is 25.5 Å². The van der Waals surface area contributed by atoms with Gasteiger partial charge in [-0.15, -0.1) is 0 Å². The molecule has 1 fully saturated rings. The summed E-state index contributed by atoms with van der Waals surface area (Å²) >= 11 is 0.